The van der Waals surface area contributed by atoms with E-state index in [0.717, 1.165) is 56.5 Å². The minimum Gasteiger partial charge on any atom is -0.316 e. The van der Waals surface area contributed by atoms with Crippen molar-refractivity contribution in [3.8, 4) is 11.4 Å². The highest BCUT2D eigenvalue weighted by molar-refractivity contribution is 5.55. The average molecular weight is 297 g/mol. The Morgan fingerprint density at radius 1 is 1.18 bits per heavy atom. The van der Waals surface area contributed by atoms with E-state index in [1.54, 1.807) is 0 Å². The van der Waals surface area contributed by atoms with Crippen LogP contribution in [0.25, 0.3) is 11.4 Å². The monoisotopic (exact) mass is 297 g/mol. The zero-order valence-electron chi connectivity index (χ0n) is 13.1. The van der Waals surface area contributed by atoms with Gasteiger partial charge < -0.3 is 9.88 Å². The Kier molecular flexibility index (Phi) is 3.47. The van der Waals surface area contributed by atoms with Crippen LogP contribution in [0.5, 0.6) is 0 Å². The van der Waals surface area contributed by atoms with E-state index < -0.39 is 0 Å². The number of benzene rings is 1. The second-order valence-corrected chi connectivity index (χ2v) is 6.91. The summed E-state index contributed by atoms with van der Waals surface area (Å²) in [6.45, 7) is 8.80. The number of hydrogen-bond donors (Lipinski definition) is 1. The minimum atomic E-state index is 0.407. The quantitative estimate of drug-likeness (QED) is 0.938. The molecular weight excluding hydrogens is 274 g/mol. The molecule has 2 aliphatic heterocycles. The van der Waals surface area contributed by atoms with Crippen LogP contribution < -0.4 is 5.32 Å². The summed E-state index contributed by atoms with van der Waals surface area (Å²) < 4.78 is 2.28. The maximum absolute atomic E-state index is 4.44. The predicted molar refractivity (Wildman–Crippen MR) is 86.3 cm³/mol. The van der Waals surface area contributed by atoms with Crippen molar-refractivity contribution in [3.05, 3.63) is 36.2 Å². The fourth-order valence-corrected chi connectivity index (χ4v) is 3.69. The molecule has 1 saturated heterocycles. The Morgan fingerprint density at radius 3 is 2.82 bits per heavy atom. The first kappa shape index (κ1) is 13.9. The molecule has 0 aliphatic carbocycles. The van der Waals surface area contributed by atoms with Crippen LogP contribution in [0.15, 0.2) is 30.3 Å². The molecule has 0 amide bonds. The molecule has 5 heteroatoms. The summed E-state index contributed by atoms with van der Waals surface area (Å²) in [5.74, 6) is 2.10. The fraction of sp³-hybridized carbons (Fsp3) is 0.529. The number of rotatable bonds is 3. The Morgan fingerprint density at radius 2 is 2.05 bits per heavy atom. The molecule has 0 spiro atoms. The van der Waals surface area contributed by atoms with Gasteiger partial charge in [0.25, 0.3) is 0 Å². The molecule has 1 fully saturated rings. The normalized spacial score (nSPS) is 25.3. The van der Waals surface area contributed by atoms with Gasteiger partial charge in [-0.15, -0.1) is 10.2 Å². The molecule has 2 aliphatic rings. The molecular formula is C17H23N5. The highest BCUT2D eigenvalue weighted by Gasteiger charge is 2.32. The third kappa shape index (κ3) is 2.55. The summed E-state index contributed by atoms with van der Waals surface area (Å²) in [6.07, 6.45) is 1.27. The smallest absolute Gasteiger partial charge is 0.164 e. The van der Waals surface area contributed by atoms with Crippen molar-refractivity contribution in [3.63, 3.8) is 0 Å². The lowest BCUT2D eigenvalue weighted by atomic mass is 9.89. The molecule has 0 bridgehead atoms. The second kappa shape index (κ2) is 5.48. The Hall–Kier alpha value is -1.72. The van der Waals surface area contributed by atoms with E-state index in [1.165, 1.54) is 6.42 Å². The van der Waals surface area contributed by atoms with Gasteiger partial charge in [0.05, 0.1) is 6.54 Å². The Bertz CT molecular complexity index is 642. The van der Waals surface area contributed by atoms with Crippen LogP contribution in [0.3, 0.4) is 0 Å². The lowest BCUT2D eigenvalue weighted by Crippen LogP contribution is -2.41. The molecule has 1 N–H and O–H groups in total. The first-order valence-electron chi connectivity index (χ1n) is 8.14. The highest BCUT2D eigenvalue weighted by atomic mass is 15.3. The van der Waals surface area contributed by atoms with E-state index in [1.807, 2.05) is 6.07 Å². The molecule has 1 unspecified atom stereocenters. The number of nitrogens with zero attached hydrogens (tertiary/aromatic N) is 4. The predicted octanol–water partition coefficient (Wildman–Crippen LogP) is 1.76. The molecule has 1 aromatic heterocycles. The van der Waals surface area contributed by atoms with Crippen LogP contribution in [-0.2, 0) is 13.1 Å². The van der Waals surface area contributed by atoms with E-state index in [-0.39, 0.29) is 0 Å². The van der Waals surface area contributed by atoms with Gasteiger partial charge in [0.2, 0.25) is 0 Å². The molecule has 22 heavy (non-hydrogen) atoms. The standard InChI is InChI=1S/C17H23N5/c1-17(7-8-18-12-17)13-21-9-10-22-15(11-21)19-20-16(22)14-5-3-2-4-6-14/h2-6,18H,7-13H2,1H3. The molecule has 1 aromatic carbocycles. The summed E-state index contributed by atoms with van der Waals surface area (Å²) in [7, 11) is 0. The summed E-state index contributed by atoms with van der Waals surface area (Å²) in [5, 5.41) is 12.3. The Labute approximate surface area is 131 Å². The Balaban J connectivity index is 1.52. The molecule has 116 valence electrons. The first-order chi connectivity index (χ1) is 10.7. The van der Waals surface area contributed by atoms with Gasteiger partial charge >= 0.3 is 0 Å². The fourth-order valence-electron chi connectivity index (χ4n) is 3.69. The molecule has 3 heterocycles. The maximum atomic E-state index is 4.44. The van der Waals surface area contributed by atoms with Gasteiger partial charge in [-0.05, 0) is 18.4 Å². The van der Waals surface area contributed by atoms with Gasteiger partial charge in [-0.2, -0.15) is 0 Å². The topological polar surface area (TPSA) is 46.0 Å². The van der Waals surface area contributed by atoms with E-state index >= 15 is 0 Å². The number of aromatic nitrogens is 3. The zero-order chi connectivity index (χ0) is 15.0. The lowest BCUT2D eigenvalue weighted by Gasteiger charge is -2.34. The van der Waals surface area contributed by atoms with Crippen LogP contribution in [0.1, 0.15) is 19.2 Å². The number of hydrogen-bond acceptors (Lipinski definition) is 4. The third-order valence-electron chi connectivity index (χ3n) is 4.93. The second-order valence-electron chi connectivity index (χ2n) is 6.91. The first-order valence-corrected chi connectivity index (χ1v) is 8.14. The van der Waals surface area contributed by atoms with Crippen molar-refractivity contribution in [1.29, 1.82) is 0 Å². The summed E-state index contributed by atoms with van der Waals surface area (Å²) in [4.78, 5) is 2.53. The van der Waals surface area contributed by atoms with Crippen molar-refractivity contribution >= 4 is 0 Å². The SMILES string of the molecule is CC1(CN2CCn3c(nnc3-c3ccccc3)C2)CCNC1. The van der Waals surface area contributed by atoms with Crippen LogP contribution in [-0.4, -0.2) is 45.8 Å². The molecule has 4 rings (SSSR count). The van der Waals surface area contributed by atoms with Gasteiger partial charge in [-0.3, -0.25) is 4.90 Å². The van der Waals surface area contributed by atoms with Crippen LogP contribution in [0.4, 0.5) is 0 Å². The van der Waals surface area contributed by atoms with Gasteiger partial charge in [-0.25, -0.2) is 0 Å². The summed E-state index contributed by atoms with van der Waals surface area (Å²) >= 11 is 0. The molecule has 1 atom stereocenters. The van der Waals surface area contributed by atoms with Crippen LogP contribution in [0, 0.1) is 5.41 Å². The minimum absolute atomic E-state index is 0.407. The van der Waals surface area contributed by atoms with Crippen molar-refractivity contribution in [1.82, 2.24) is 25.0 Å². The van der Waals surface area contributed by atoms with Gasteiger partial charge in [-0.1, -0.05) is 37.3 Å². The van der Waals surface area contributed by atoms with Crippen molar-refractivity contribution in [2.24, 2.45) is 5.41 Å². The molecule has 5 nitrogen and oxygen atoms in total. The van der Waals surface area contributed by atoms with Crippen LogP contribution >= 0.6 is 0 Å². The maximum Gasteiger partial charge on any atom is 0.164 e. The van der Waals surface area contributed by atoms with Crippen molar-refractivity contribution < 1.29 is 0 Å². The average Bonchev–Trinajstić information content (AvgIpc) is 3.14. The van der Waals surface area contributed by atoms with Gasteiger partial charge in [0.15, 0.2) is 5.82 Å². The van der Waals surface area contributed by atoms with Crippen molar-refractivity contribution in [2.45, 2.75) is 26.4 Å². The highest BCUT2D eigenvalue weighted by Crippen LogP contribution is 2.28. The van der Waals surface area contributed by atoms with Crippen molar-refractivity contribution in [2.75, 3.05) is 26.2 Å². The third-order valence-corrected chi connectivity index (χ3v) is 4.93. The van der Waals surface area contributed by atoms with E-state index in [4.69, 9.17) is 0 Å². The molecule has 2 aromatic rings. The van der Waals surface area contributed by atoms with Gasteiger partial charge in [0.1, 0.15) is 5.82 Å². The van der Waals surface area contributed by atoms with Gasteiger partial charge in [0, 0.05) is 31.7 Å². The van der Waals surface area contributed by atoms with E-state index in [2.05, 4.69) is 56.2 Å². The molecule has 0 saturated carbocycles. The number of nitrogens with one attached hydrogen (secondary N) is 1. The van der Waals surface area contributed by atoms with Crippen LogP contribution in [0.2, 0.25) is 0 Å². The summed E-state index contributed by atoms with van der Waals surface area (Å²) in [5.41, 5.74) is 1.56. The molecule has 0 radical (unpaired) electrons. The zero-order valence-corrected chi connectivity index (χ0v) is 13.1. The largest absolute Gasteiger partial charge is 0.316 e. The van der Waals surface area contributed by atoms with E-state index in [0.29, 0.717) is 5.41 Å². The number of fused-ring (bicyclic) bond motifs is 1. The summed E-state index contributed by atoms with van der Waals surface area (Å²) in [6, 6.07) is 10.4. The van der Waals surface area contributed by atoms with E-state index in [9.17, 15) is 0 Å². The lowest BCUT2D eigenvalue weighted by molar-refractivity contribution is 0.144.